The van der Waals surface area contributed by atoms with Crippen molar-refractivity contribution in [1.82, 2.24) is 14.8 Å². The number of benzene rings is 1. The first kappa shape index (κ1) is 29.1. The highest BCUT2D eigenvalue weighted by atomic mass is 32.2. The fraction of sp³-hybridized carbons (Fsp3) is 0.517. The first-order valence-corrected chi connectivity index (χ1v) is 15.2. The van der Waals surface area contributed by atoms with E-state index in [1.165, 1.54) is 33.5 Å². The number of carbonyl (C=O) groups excluding carboxylic acids is 2. The van der Waals surface area contributed by atoms with Gasteiger partial charge in [0, 0.05) is 11.9 Å². The summed E-state index contributed by atoms with van der Waals surface area (Å²) in [5.74, 6) is 1.55. The molecule has 0 aliphatic heterocycles. The number of aromatic nitrogens is 3. The number of ether oxygens (including phenoxy) is 2. The number of thioether (sulfide) groups is 1. The van der Waals surface area contributed by atoms with E-state index in [9.17, 15) is 9.59 Å². The van der Waals surface area contributed by atoms with Crippen LogP contribution in [0.5, 0.6) is 5.75 Å². The number of rotatable bonds is 9. The number of nitrogens with one attached hydrogen (secondary N) is 1. The summed E-state index contributed by atoms with van der Waals surface area (Å²) in [4.78, 5) is 26.8. The standard InChI is InChI=1S/C29H38N4O4S2/c1-8-36-27(35)24-21-14-9-17(2)15-22(21)39-26(24)30-23(34)16-38-28-32-31-25(33(28)7)18(3)37-20-12-10-19(11-13-20)29(4,5)6/h10-13,17-18H,8-9,14-16H2,1-7H3,(H,30,34). The molecule has 2 atom stereocenters. The largest absolute Gasteiger partial charge is 0.483 e. The number of carbonyl (C=O) groups is 2. The Labute approximate surface area is 238 Å². The minimum Gasteiger partial charge on any atom is -0.483 e. The van der Waals surface area contributed by atoms with Gasteiger partial charge in [0.25, 0.3) is 0 Å². The van der Waals surface area contributed by atoms with Gasteiger partial charge in [-0.2, -0.15) is 0 Å². The zero-order valence-electron chi connectivity index (χ0n) is 23.8. The summed E-state index contributed by atoms with van der Waals surface area (Å²) in [5.41, 5.74) is 2.86. The lowest BCUT2D eigenvalue weighted by molar-refractivity contribution is -0.113. The summed E-state index contributed by atoms with van der Waals surface area (Å²) < 4.78 is 13.3. The highest BCUT2D eigenvalue weighted by Gasteiger charge is 2.29. The van der Waals surface area contributed by atoms with Crippen LogP contribution in [-0.2, 0) is 34.8 Å². The van der Waals surface area contributed by atoms with Crippen molar-refractivity contribution in [2.75, 3.05) is 17.7 Å². The van der Waals surface area contributed by atoms with E-state index < -0.39 is 0 Å². The molecule has 1 N–H and O–H groups in total. The number of nitrogens with zero attached hydrogens (tertiary/aromatic N) is 3. The van der Waals surface area contributed by atoms with E-state index >= 15 is 0 Å². The summed E-state index contributed by atoms with van der Waals surface area (Å²) in [6.07, 6.45) is 2.45. The van der Waals surface area contributed by atoms with Gasteiger partial charge in [-0.3, -0.25) is 4.79 Å². The average molecular weight is 571 g/mol. The van der Waals surface area contributed by atoms with Gasteiger partial charge in [-0.25, -0.2) is 4.79 Å². The number of amides is 1. The molecule has 1 aliphatic rings. The third-order valence-electron chi connectivity index (χ3n) is 6.84. The van der Waals surface area contributed by atoms with Crippen LogP contribution in [0.4, 0.5) is 5.00 Å². The summed E-state index contributed by atoms with van der Waals surface area (Å²) >= 11 is 2.79. The Hall–Kier alpha value is -2.85. The molecule has 0 saturated heterocycles. The molecule has 2 unspecified atom stereocenters. The maximum absolute atomic E-state index is 12.9. The number of anilines is 1. The molecule has 1 aliphatic carbocycles. The lowest BCUT2D eigenvalue weighted by Crippen LogP contribution is -2.18. The zero-order valence-corrected chi connectivity index (χ0v) is 25.4. The second-order valence-electron chi connectivity index (χ2n) is 11.0. The number of esters is 1. The first-order valence-electron chi connectivity index (χ1n) is 13.4. The third kappa shape index (κ3) is 6.84. The van der Waals surface area contributed by atoms with Crippen molar-refractivity contribution in [3.05, 3.63) is 51.7 Å². The van der Waals surface area contributed by atoms with E-state index in [2.05, 4.69) is 55.3 Å². The average Bonchev–Trinajstić information content (AvgIpc) is 3.41. The van der Waals surface area contributed by atoms with Crippen LogP contribution < -0.4 is 10.1 Å². The molecule has 0 fully saturated rings. The van der Waals surface area contributed by atoms with Gasteiger partial charge in [-0.05, 0) is 67.7 Å². The van der Waals surface area contributed by atoms with Gasteiger partial charge in [-0.1, -0.05) is 51.6 Å². The Kier molecular flexibility index (Phi) is 9.06. The molecule has 39 heavy (non-hydrogen) atoms. The molecule has 10 heteroatoms. The molecule has 2 aromatic heterocycles. The van der Waals surface area contributed by atoms with Crippen LogP contribution in [0, 0.1) is 5.92 Å². The van der Waals surface area contributed by atoms with Crippen LogP contribution in [0.1, 0.15) is 86.3 Å². The summed E-state index contributed by atoms with van der Waals surface area (Å²) in [5, 5.41) is 12.8. The normalized spacial score (nSPS) is 15.9. The van der Waals surface area contributed by atoms with E-state index in [0.29, 0.717) is 34.1 Å². The number of hydrogen-bond acceptors (Lipinski definition) is 8. The monoisotopic (exact) mass is 570 g/mol. The third-order valence-corrected chi connectivity index (χ3v) is 9.03. The van der Waals surface area contributed by atoms with Crippen molar-refractivity contribution in [3.8, 4) is 5.75 Å². The van der Waals surface area contributed by atoms with E-state index in [1.54, 1.807) is 6.92 Å². The number of fused-ring (bicyclic) bond motifs is 1. The summed E-state index contributed by atoms with van der Waals surface area (Å²) in [6, 6.07) is 8.11. The Morgan fingerprint density at radius 3 is 2.62 bits per heavy atom. The van der Waals surface area contributed by atoms with Gasteiger partial charge in [-0.15, -0.1) is 21.5 Å². The predicted molar refractivity (Wildman–Crippen MR) is 156 cm³/mol. The second-order valence-corrected chi connectivity index (χ2v) is 13.1. The fourth-order valence-electron chi connectivity index (χ4n) is 4.65. The van der Waals surface area contributed by atoms with Gasteiger partial charge < -0.3 is 19.4 Å². The number of hydrogen-bond donors (Lipinski definition) is 1. The Morgan fingerprint density at radius 1 is 1.23 bits per heavy atom. The van der Waals surface area contributed by atoms with E-state index in [4.69, 9.17) is 9.47 Å². The van der Waals surface area contributed by atoms with Gasteiger partial charge in [0.2, 0.25) is 5.91 Å². The first-order chi connectivity index (χ1) is 18.5. The van der Waals surface area contributed by atoms with E-state index in [0.717, 1.165) is 30.6 Å². The van der Waals surface area contributed by atoms with Crippen LogP contribution >= 0.6 is 23.1 Å². The van der Waals surface area contributed by atoms with Crippen LogP contribution in [-0.4, -0.2) is 39.0 Å². The molecule has 0 saturated carbocycles. The summed E-state index contributed by atoms with van der Waals surface area (Å²) in [7, 11) is 1.87. The molecule has 1 aromatic carbocycles. The Bertz CT molecular complexity index is 1320. The molecular formula is C29H38N4O4S2. The van der Waals surface area contributed by atoms with Gasteiger partial charge in [0.1, 0.15) is 10.8 Å². The van der Waals surface area contributed by atoms with Crippen molar-refractivity contribution in [2.24, 2.45) is 13.0 Å². The Balaban J connectivity index is 1.39. The minimum absolute atomic E-state index is 0.0774. The van der Waals surface area contributed by atoms with Crippen LogP contribution in [0.25, 0.3) is 0 Å². The lowest BCUT2D eigenvalue weighted by Gasteiger charge is -2.20. The number of thiophene rings is 1. The van der Waals surface area contributed by atoms with E-state index in [1.807, 2.05) is 30.7 Å². The molecule has 0 spiro atoms. The summed E-state index contributed by atoms with van der Waals surface area (Å²) in [6.45, 7) is 12.8. The fourth-order valence-corrected chi connectivity index (χ4v) is 6.78. The predicted octanol–water partition coefficient (Wildman–Crippen LogP) is 6.35. The molecular weight excluding hydrogens is 532 g/mol. The topological polar surface area (TPSA) is 95.3 Å². The van der Waals surface area contributed by atoms with Crippen LogP contribution in [0.3, 0.4) is 0 Å². The molecule has 1 amide bonds. The molecule has 8 nitrogen and oxygen atoms in total. The molecule has 4 rings (SSSR count). The van der Waals surface area contributed by atoms with Crippen LogP contribution in [0.2, 0.25) is 0 Å². The second kappa shape index (κ2) is 12.1. The van der Waals surface area contributed by atoms with Crippen molar-refractivity contribution >= 4 is 40.0 Å². The van der Waals surface area contributed by atoms with Crippen LogP contribution in [0.15, 0.2) is 29.4 Å². The van der Waals surface area contributed by atoms with Crippen molar-refractivity contribution < 1.29 is 19.1 Å². The lowest BCUT2D eigenvalue weighted by atomic mass is 9.87. The van der Waals surface area contributed by atoms with Crippen molar-refractivity contribution in [2.45, 2.75) is 77.5 Å². The zero-order chi connectivity index (χ0) is 28.3. The Morgan fingerprint density at radius 2 is 1.95 bits per heavy atom. The van der Waals surface area contributed by atoms with E-state index in [-0.39, 0.29) is 29.1 Å². The van der Waals surface area contributed by atoms with Gasteiger partial charge in [0.05, 0.1) is 17.9 Å². The molecule has 210 valence electrons. The molecule has 2 heterocycles. The van der Waals surface area contributed by atoms with Gasteiger partial charge in [0.15, 0.2) is 17.1 Å². The van der Waals surface area contributed by atoms with Crippen molar-refractivity contribution in [3.63, 3.8) is 0 Å². The van der Waals surface area contributed by atoms with Gasteiger partial charge >= 0.3 is 5.97 Å². The minimum atomic E-state index is -0.368. The quantitative estimate of drug-likeness (QED) is 0.237. The highest BCUT2D eigenvalue weighted by molar-refractivity contribution is 7.99. The highest BCUT2D eigenvalue weighted by Crippen LogP contribution is 2.40. The molecule has 0 radical (unpaired) electrons. The molecule has 0 bridgehead atoms. The maximum Gasteiger partial charge on any atom is 0.341 e. The maximum atomic E-state index is 12.9. The SMILES string of the molecule is CCOC(=O)c1c(NC(=O)CSc2nnc(C(C)Oc3ccc(C(C)(C)C)cc3)n2C)sc2c1CCC(C)C2. The smallest absolute Gasteiger partial charge is 0.341 e. The van der Waals surface area contributed by atoms with Crippen molar-refractivity contribution in [1.29, 1.82) is 0 Å². The molecule has 3 aromatic rings.